The molecule has 4 rings (SSSR count). The van der Waals surface area contributed by atoms with Gasteiger partial charge >= 0.3 is 0 Å². The second-order valence-corrected chi connectivity index (χ2v) is 6.14. The molecule has 0 saturated carbocycles. The SMILES string of the molecule is O=C1CC(c2cccs2)c2cnn(-c3cccc(F)c3)c2N1. The highest BCUT2D eigenvalue weighted by Gasteiger charge is 2.30. The first kappa shape index (κ1) is 13.2. The third-order valence-corrected chi connectivity index (χ3v) is 4.75. The molecule has 0 radical (unpaired) electrons. The van der Waals surface area contributed by atoms with Crippen LogP contribution in [0.3, 0.4) is 0 Å². The Hall–Kier alpha value is -2.47. The van der Waals surface area contributed by atoms with Gasteiger partial charge in [-0.1, -0.05) is 12.1 Å². The molecule has 0 saturated heterocycles. The minimum atomic E-state index is -0.335. The third-order valence-electron chi connectivity index (χ3n) is 3.76. The Morgan fingerprint density at radius 1 is 1.32 bits per heavy atom. The molecule has 1 N–H and O–H groups in total. The van der Waals surface area contributed by atoms with Gasteiger partial charge in [0.05, 0.1) is 11.9 Å². The van der Waals surface area contributed by atoms with Crippen LogP contribution in [0.1, 0.15) is 22.8 Å². The van der Waals surface area contributed by atoms with E-state index < -0.39 is 0 Å². The maximum atomic E-state index is 13.4. The van der Waals surface area contributed by atoms with Crippen molar-refractivity contribution < 1.29 is 9.18 Å². The number of anilines is 1. The second-order valence-electron chi connectivity index (χ2n) is 5.16. The van der Waals surface area contributed by atoms with Gasteiger partial charge in [0.25, 0.3) is 0 Å². The lowest BCUT2D eigenvalue weighted by Gasteiger charge is -2.22. The maximum absolute atomic E-state index is 13.4. The van der Waals surface area contributed by atoms with E-state index in [9.17, 15) is 9.18 Å². The minimum absolute atomic E-state index is 0.00561. The van der Waals surface area contributed by atoms with Crippen molar-refractivity contribution in [3.8, 4) is 5.69 Å². The van der Waals surface area contributed by atoms with Gasteiger partial charge in [-0.3, -0.25) is 4.79 Å². The predicted molar refractivity (Wildman–Crippen MR) is 82.9 cm³/mol. The molecule has 0 aliphatic carbocycles. The quantitative estimate of drug-likeness (QED) is 0.786. The Balaban J connectivity index is 1.84. The van der Waals surface area contributed by atoms with Gasteiger partial charge in [0.2, 0.25) is 5.91 Å². The summed E-state index contributed by atoms with van der Waals surface area (Å²) >= 11 is 1.63. The van der Waals surface area contributed by atoms with Crippen LogP contribution in [0.15, 0.2) is 48.0 Å². The fourth-order valence-corrected chi connectivity index (χ4v) is 3.61. The van der Waals surface area contributed by atoms with Crippen molar-refractivity contribution >= 4 is 23.1 Å². The van der Waals surface area contributed by atoms with Crippen LogP contribution in [-0.2, 0) is 4.79 Å². The van der Waals surface area contributed by atoms with E-state index in [1.807, 2.05) is 17.5 Å². The van der Waals surface area contributed by atoms with Gasteiger partial charge in [-0.05, 0) is 29.6 Å². The molecule has 0 fully saturated rings. The number of benzene rings is 1. The zero-order chi connectivity index (χ0) is 15.1. The van der Waals surface area contributed by atoms with Crippen molar-refractivity contribution in [3.63, 3.8) is 0 Å². The average molecular weight is 313 g/mol. The summed E-state index contributed by atoms with van der Waals surface area (Å²) in [5.41, 5.74) is 1.56. The molecule has 1 atom stereocenters. The van der Waals surface area contributed by atoms with Crippen LogP contribution in [0, 0.1) is 5.82 Å². The van der Waals surface area contributed by atoms with Crippen molar-refractivity contribution in [1.29, 1.82) is 0 Å². The number of carbonyl (C=O) groups excluding carboxylic acids is 1. The van der Waals surface area contributed by atoms with Crippen LogP contribution in [0.5, 0.6) is 0 Å². The summed E-state index contributed by atoms with van der Waals surface area (Å²) in [6, 6.07) is 10.2. The van der Waals surface area contributed by atoms with Crippen molar-refractivity contribution in [2.24, 2.45) is 0 Å². The number of aromatic nitrogens is 2. The predicted octanol–water partition coefficient (Wildman–Crippen LogP) is 3.55. The highest BCUT2D eigenvalue weighted by molar-refractivity contribution is 7.10. The topological polar surface area (TPSA) is 46.9 Å². The molecule has 4 nitrogen and oxygen atoms in total. The molecule has 1 amide bonds. The molecule has 3 heterocycles. The van der Waals surface area contributed by atoms with Gasteiger partial charge in [-0.2, -0.15) is 5.10 Å². The minimum Gasteiger partial charge on any atom is -0.310 e. The molecule has 110 valence electrons. The van der Waals surface area contributed by atoms with Crippen LogP contribution >= 0.6 is 11.3 Å². The number of hydrogen-bond donors (Lipinski definition) is 1. The number of amides is 1. The monoisotopic (exact) mass is 313 g/mol. The Labute approximate surface area is 130 Å². The highest BCUT2D eigenvalue weighted by Crippen LogP contribution is 2.39. The number of nitrogens with zero attached hydrogens (tertiary/aromatic N) is 2. The van der Waals surface area contributed by atoms with E-state index in [0.717, 1.165) is 10.4 Å². The Morgan fingerprint density at radius 3 is 3.00 bits per heavy atom. The summed E-state index contributed by atoms with van der Waals surface area (Å²) in [5, 5.41) is 9.20. The Kier molecular flexibility index (Phi) is 3.04. The first-order valence-electron chi connectivity index (χ1n) is 6.89. The summed E-state index contributed by atoms with van der Waals surface area (Å²) in [4.78, 5) is 13.2. The van der Waals surface area contributed by atoms with Gasteiger partial charge in [0.1, 0.15) is 11.6 Å². The zero-order valence-electron chi connectivity index (χ0n) is 11.5. The molecule has 0 spiro atoms. The zero-order valence-corrected chi connectivity index (χ0v) is 12.3. The summed E-state index contributed by atoms with van der Waals surface area (Å²) in [5.74, 6) is 0.244. The lowest BCUT2D eigenvalue weighted by atomic mass is 9.93. The lowest BCUT2D eigenvalue weighted by molar-refractivity contribution is -0.116. The molecule has 1 aliphatic heterocycles. The Bertz CT molecular complexity index is 841. The number of halogens is 1. The number of carbonyl (C=O) groups is 1. The first-order valence-corrected chi connectivity index (χ1v) is 7.77. The van der Waals surface area contributed by atoms with Crippen molar-refractivity contribution in [2.45, 2.75) is 12.3 Å². The average Bonchev–Trinajstić information content (AvgIpc) is 3.16. The van der Waals surface area contributed by atoms with Gasteiger partial charge in [-0.25, -0.2) is 9.07 Å². The van der Waals surface area contributed by atoms with E-state index in [-0.39, 0.29) is 17.6 Å². The molecule has 1 unspecified atom stereocenters. The maximum Gasteiger partial charge on any atom is 0.226 e. The summed E-state index contributed by atoms with van der Waals surface area (Å²) in [7, 11) is 0. The van der Waals surface area contributed by atoms with E-state index in [4.69, 9.17) is 0 Å². The number of hydrogen-bond acceptors (Lipinski definition) is 3. The Morgan fingerprint density at radius 2 is 2.23 bits per heavy atom. The van der Waals surface area contributed by atoms with E-state index >= 15 is 0 Å². The summed E-state index contributed by atoms with van der Waals surface area (Å²) in [6.07, 6.45) is 2.16. The summed E-state index contributed by atoms with van der Waals surface area (Å²) in [6.45, 7) is 0. The van der Waals surface area contributed by atoms with Crippen molar-refractivity contribution in [2.75, 3.05) is 5.32 Å². The molecule has 2 aromatic heterocycles. The van der Waals surface area contributed by atoms with Crippen molar-refractivity contribution in [1.82, 2.24) is 9.78 Å². The number of thiophene rings is 1. The molecule has 1 aliphatic rings. The first-order chi connectivity index (χ1) is 10.7. The fraction of sp³-hybridized carbons (Fsp3) is 0.125. The second kappa shape index (κ2) is 5.06. The molecule has 22 heavy (non-hydrogen) atoms. The number of nitrogens with one attached hydrogen (secondary N) is 1. The fourth-order valence-electron chi connectivity index (χ4n) is 2.77. The van der Waals surface area contributed by atoms with Crippen molar-refractivity contribution in [3.05, 3.63) is 64.2 Å². The van der Waals surface area contributed by atoms with E-state index in [1.165, 1.54) is 12.1 Å². The lowest BCUT2D eigenvalue weighted by Crippen LogP contribution is -2.24. The van der Waals surface area contributed by atoms with Gasteiger partial charge in [0.15, 0.2) is 0 Å². The van der Waals surface area contributed by atoms with Crippen LogP contribution in [0.4, 0.5) is 10.2 Å². The third kappa shape index (κ3) is 2.12. The number of rotatable bonds is 2. The molecule has 6 heteroatoms. The van der Waals surface area contributed by atoms with Gasteiger partial charge in [-0.15, -0.1) is 11.3 Å². The normalized spacial score (nSPS) is 17.1. The molecule has 0 bridgehead atoms. The number of fused-ring (bicyclic) bond motifs is 1. The van der Waals surface area contributed by atoms with E-state index in [2.05, 4.69) is 10.4 Å². The smallest absolute Gasteiger partial charge is 0.226 e. The molecular weight excluding hydrogens is 301 g/mol. The standard InChI is InChI=1S/C16H12FN3OS/c17-10-3-1-4-11(7-10)20-16-13(9-18-20)12(8-15(21)19-16)14-5-2-6-22-14/h1-7,9,12H,8H2,(H,19,21). The molecule has 3 aromatic rings. The highest BCUT2D eigenvalue weighted by atomic mass is 32.1. The molecule has 1 aromatic carbocycles. The van der Waals surface area contributed by atoms with Gasteiger partial charge < -0.3 is 5.32 Å². The van der Waals surface area contributed by atoms with Crippen LogP contribution in [-0.4, -0.2) is 15.7 Å². The van der Waals surface area contributed by atoms with Gasteiger partial charge in [0, 0.05) is 22.8 Å². The van der Waals surface area contributed by atoms with Crippen LogP contribution in [0.2, 0.25) is 0 Å². The van der Waals surface area contributed by atoms with E-state index in [1.54, 1.807) is 34.3 Å². The molecular formula is C16H12FN3OS. The van der Waals surface area contributed by atoms with Crippen LogP contribution in [0.25, 0.3) is 5.69 Å². The summed E-state index contributed by atoms with van der Waals surface area (Å²) < 4.78 is 15.0. The largest absolute Gasteiger partial charge is 0.310 e. The van der Waals surface area contributed by atoms with E-state index in [0.29, 0.717) is 17.9 Å². The van der Waals surface area contributed by atoms with Crippen LogP contribution < -0.4 is 5.32 Å².